The summed E-state index contributed by atoms with van der Waals surface area (Å²) in [5.41, 5.74) is 1.30. The van der Waals surface area contributed by atoms with E-state index in [2.05, 4.69) is 4.98 Å². The average molecular weight is 361 g/mol. The van der Waals surface area contributed by atoms with Gasteiger partial charge in [0.05, 0.1) is 24.3 Å². The van der Waals surface area contributed by atoms with Crippen molar-refractivity contribution in [2.24, 2.45) is 5.41 Å². The molecule has 26 heavy (non-hydrogen) atoms. The molecule has 0 bridgehead atoms. The normalized spacial score (nSPS) is 17.4. The molecule has 4 rings (SSSR count). The molecule has 1 spiro atoms. The van der Waals surface area contributed by atoms with E-state index in [0.29, 0.717) is 24.3 Å². The second kappa shape index (κ2) is 7.17. The number of hydrogen-bond donors (Lipinski definition) is 1. The molecule has 2 aromatic rings. The SMILES string of the molecule is C.O=c1c(N2CC3(COC3)C2)nc(CCCO)cn1-c1ccc(F)cc1. The highest BCUT2D eigenvalue weighted by Crippen LogP contribution is 2.38. The maximum absolute atomic E-state index is 13.2. The van der Waals surface area contributed by atoms with E-state index < -0.39 is 0 Å². The fraction of sp³-hybridized carbons (Fsp3) is 0.474. The first-order valence-corrected chi connectivity index (χ1v) is 8.42. The Balaban J connectivity index is 0.00000196. The van der Waals surface area contributed by atoms with Gasteiger partial charge in [-0.15, -0.1) is 0 Å². The number of aliphatic hydroxyl groups excluding tert-OH is 1. The number of aliphatic hydroxyl groups is 1. The molecule has 7 heteroatoms. The fourth-order valence-corrected chi connectivity index (χ4v) is 3.39. The lowest BCUT2D eigenvalue weighted by atomic mass is 9.78. The molecule has 2 fully saturated rings. The van der Waals surface area contributed by atoms with Crippen molar-refractivity contribution in [2.75, 3.05) is 37.8 Å². The Bertz CT molecular complexity index is 823. The van der Waals surface area contributed by atoms with Crippen molar-refractivity contribution in [3.8, 4) is 5.69 Å². The number of aryl methyl sites for hydroxylation is 1. The number of benzene rings is 1. The van der Waals surface area contributed by atoms with Gasteiger partial charge >= 0.3 is 0 Å². The number of aromatic nitrogens is 2. The zero-order chi connectivity index (χ0) is 17.4. The Labute approximate surface area is 151 Å². The molecule has 1 aromatic heterocycles. The van der Waals surface area contributed by atoms with Crippen LogP contribution in [-0.4, -0.2) is 47.6 Å². The van der Waals surface area contributed by atoms with Gasteiger partial charge in [-0.1, -0.05) is 7.43 Å². The van der Waals surface area contributed by atoms with E-state index in [1.54, 1.807) is 18.3 Å². The summed E-state index contributed by atoms with van der Waals surface area (Å²) < 4.78 is 20.0. The van der Waals surface area contributed by atoms with Gasteiger partial charge < -0.3 is 14.7 Å². The van der Waals surface area contributed by atoms with Gasteiger partial charge in [0.2, 0.25) is 0 Å². The maximum atomic E-state index is 13.2. The third-order valence-corrected chi connectivity index (χ3v) is 4.80. The highest BCUT2D eigenvalue weighted by atomic mass is 19.1. The first kappa shape index (κ1) is 18.5. The third-order valence-electron chi connectivity index (χ3n) is 4.80. The zero-order valence-corrected chi connectivity index (χ0v) is 13.8. The van der Waals surface area contributed by atoms with Crippen LogP contribution in [0.4, 0.5) is 10.2 Å². The van der Waals surface area contributed by atoms with E-state index in [1.807, 2.05) is 4.90 Å². The predicted octanol–water partition coefficient (Wildman–Crippen LogP) is 1.77. The average Bonchev–Trinajstić information content (AvgIpc) is 2.53. The first-order chi connectivity index (χ1) is 12.1. The summed E-state index contributed by atoms with van der Waals surface area (Å²) in [7, 11) is 0. The number of halogens is 1. The summed E-state index contributed by atoms with van der Waals surface area (Å²) in [6.07, 6.45) is 2.83. The maximum Gasteiger partial charge on any atom is 0.298 e. The fourth-order valence-electron chi connectivity index (χ4n) is 3.39. The Morgan fingerprint density at radius 2 is 1.92 bits per heavy atom. The number of ether oxygens (including phenoxy) is 1. The Hall–Kier alpha value is -2.25. The van der Waals surface area contributed by atoms with E-state index in [1.165, 1.54) is 16.7 Å². The van der Waals surface area contributed by atoms with Gasteiger partial charge in [-0.05, 0) is 37.1 Å². The number of rotatable bonds is 5. The smallest absolute Gasteiger partial charge is 0.298 e. The summed E-state index contributed by atoms with van der Waals surface area (Å²) >= 11 is 0. The Kier molecular flexibility index (Phi) is 5.11. The monoisotopic (exact) mass is 361 g/mol. The molecule has 0 aliphatic carbocycles. The molecule has 2 aliphatic heterocycles. The number of anilines is 1. The molecule has 2 aliphatic rings. The van der Waals surface area contributed by atoms with Crippen LogP contribution in [0.15, 0.2) is 35.3 Å². The summed E-state index contributed by atoms with van der Waals surface area (Å²) in [5, 5.41) is 9.08. The lowest BCUT2D eigenvalue weighted by molar-refractivity contribution is -0.127. The van der Waals surface area contributed by atoms with Gasteiger partial charge in [-0.3, -0.25) is 9.36 Å². The van der Waals surface area contributed by atoms with E-state index in [9.17, 15) is 9.18 Å². The van der Waals surface area contributed by atoms with Crippen LogP contribution in [0.3, 0.4) is 0 Å². The minimum atomic E-state index is -0.346. The van der Waals surface area contributed by atoms with Crippen LogP contribution in [-0.2, 0) is 11.2 Å². The second-order valence-corrected chi connectivity index (χ2v) is 6.88. The molecule has 0 radical (unpaired) electrons. The molecule has 3 heterocycles. The Morgan fingerprint density at radius 3 is 2.50 bits per heavy atom. The molecule has 1 N–H and O–H groups in total. The van der Waals surface area contributed by atoms with Crippen molar-refractivity contribution >= 4 is 5.82 Å². The standard InChI is InChI=1S/C18H20FN3O3.CH4/c19-13-3-5-15(6-4-13)22-8-14(2-1-7-23)20-16(17(22)24)21-9-18(10-21)11-25-12-18;/h3-6,8,23H,1-2,7,9-12H2;1H4. The molecule has 0 unspecified atom stereocenters. The van der Waals surface area contributed by atoms with Crippen LogP contribution >= 0.6 is 0 Å². The van der Waals surface area contributed by atoms with Crippen LogP contribution in [0.1, 0.15) is 19.5 Å². The molecule has 2 saturated heterocycles. The largest absolute Gasteiger partial charge is 0.396 e. The van der Waals surface area contributed by atoms with Crippen LogP contribution in [0.25, 0.3) is 5.69 Å². The van der Waals surface area contributed by atoms with Gasteiger partial charge in [0.1, 0.15) is 5.82 Å². The number of hydrogen-bond acceptors (Lipinski definition) is 5. The van der Waals surface area contributed by atoms with Crippen LogP contribution in [0, 0.1) is 11.2 Å². The van der Waals surface area contributed by atoms with E-state index in [0.717, 1.165) is 32.0 Å². The van der Waals surface area contributed by atoms with Crippen molar-refractivity contribution in [1.29, 1.82) is 0 Å². The van der Waals surface area contributed by atoms with Gasteiger partial charge in [-0.25, -0.2) is 9.37 Å². The van der Waals surface area contributed by atoms with Crippen molar-refractivity contribution < 1.29 is 14.2 Å². The highest BCUT2D eigenvalue weighted by molar-refractivity contribution is 5.45. The quantitative estimate of drug-likeness (QED) is 0.879. The molecular formula is C19H24FN3O3. The summed E-state index contributed by atoms with van der Waals surface area (Å²) in [6.45, 7) is 3.07. The lowest BCUT2D eigenvalue weighted by Gasteiger charge is -2.55. The van der Waals surface area contributed by atoms with E-state index in [4.69, 9.17) is 9.84 Å². The topological polar surface area (TPSA) is 67.6 Å². The van der Waals surface area contributed by atoms with E-state index in [-0.39, 0.29) is 30.8 Å². The van der Waals surface area contributed by atoms with Crippen LogP contribution < -0.4 is 10.5 Å². The lowest BCUT2D eigenvalue weighted by Crippen LogP contribution is -2.67. The molecule has 0 amide bonds. The molecule has 140 valence electrons. The highest BCUT2D eigenvalue weighted by Gasteiger charge is 2.50. The predicted molar refractivity (Wildman–Crippen MR) is 97.4 cm³/mol. The zero-order valence-electron chi connectivity index (χ0n) is 13.8. The molecule has 0 atom stereocenters. The molecule has 0 saturated carbocycles. The van der Waals surface area contributed by atoms with Crippen LogP contribution in [0.2, 0.25) is 0 Å². The van der Waals surface area contributed by atoms with Gasteiger partial charge in [0.15, 0.2) is 5.82 Å². The minimum absolute atomic E-state index is 0. The minimum Gasteiger partial charge on any atom is -0.396 e. The van der Waals surface area contributed by atoms with Gasteiger partial charge in [0, 0.05) is 31.6 Å². The van der Waals surface area contributed by atoms with Crippen molar-refractivity contribution in [3.05, 3.63) is 52.3 Å². The molecule has 1 aromatic carbocycles. The van der Waals surface area contributed by atoms with Crippen molar-refractivity contribution in [3.63, 3.8) is 0 Å². The summed E-state index contributed by atoms with van der Waals surface area (Å²) in [5.74, 6) is 0.0681. The van der Waals surface area contributed by atoms with Gasteiger partial charge in [-0.2, -0.15) is 0 Å². The summed E-state index contributed by atoms with van der Waals surface area (Å²) in [4.78, 5) is 19.4. The molecule has 6 nitrogen and oxygen atoms in total. The van der Waals surface area contributed by atoms with Crippen LogP contribution in [0.5, 0.6) is 0 Å². The third kappa shape index (κ3) is 3.24. The summed E-state index contributed by atoms with van der Waals surface area (Å²) in [6, 6.07) is 5.82. The van der Waals surface area contributed by atoms with Crippen molar-refractivity contribution in [2.45, 2.75) is 20.3 Å². The first-order valence-electron chi connectivity index (χ1n) is 8.42. The molecular weight excluding hydrogens is 337 g/mol. The Morgan fingerprint density at radius 1 is 1.23 bits per heavy atom. The van der Waals surface area contributed by atoms with Crippen molar-refractivity contribution in [1.82, 2.24) is 9.55 Å². The van der Waals surface area contributed by atoms with Gasteiger partial charge in [0.25, 0.3) is 5.56 Å². The second-order valence-electron chi connectivity index (χ2n) is 6.88. The number of nitrogens with zero attached hydrogens (tertiary/aromatic N) is 3. The van der Waals surface area contributed by atoms with E-state index >= 15 is 0 Å².